The van der Waals surface area contributed by atoms with Crippen molar-refractivity contribution in [2.24, 2.45) is 11.8 Å². The molecule has 0 saturated heterocycles. The Morgan fingerprint density at radius 3 is 2.24 bits per heavy atom. The van der Waals surface area contributed by atoms with Crippen molar-refractivity contribution in [2.45, 2.75) is 78.9 Å². The summed E-state index contributed by atoms with van der Waals surface area (Å²) >= 11 is 0. The molecule has 0 spiro atoms. The first kappa shape index (κ1) is 16.7. The average molecular weight is 240 g/mol. The molecule has 17 heavy (non-hydrogen) atoms. The Hall–Kier alpha value is -0.300. The molecule has 0 aliphatic heterocycles. The Morgan fingerprint density at radius 1 is 1.24 bits per heavy atom. The fourth-order valence-corrected chi connectivity index (χ4v) is 2.02. The molecule has 0 radical (unpaired) electrons. The smallest absolute Gasteiger partial charge is 0.0602 e. The van der Waals surface area contributed by atoms with Gasteiger partial charge in [0.1, 0.15) is 0 Å². The van der Waals surface area contributed by atoms with Gasteiger partial charge in [-0.2, -0.15) is 0 Å². The molecular formula is C16H32O. The van der Waals surface area contributed by atoms with Gasteiger partial charge >= 0.3 is 0 Å². The van der Waals surface area contributed by atoms with Crippen molar-refractivity contribution in [3.05, 3.63) is 12.7 Å². The third kappa shape index (κ3) is 8.43. The van der Waals surface area contributed by atoms with E-state index in [9.17, 15) is 0 Å². The highest BCUT2D eigenvalue weighted by atomic mass is 16.5. The summed E-state index contributed by atoms with van der Waals surface area (Å²) in [4.78, 5) is 0. The van der Waals surface area contributed by atoms with Gasteiger partial charge in [-0.05, 0) is 45.4 Å². The van der Waals surface area contributed by atoms with Crippen LogP contribution in [0.2, 0.25) is 0 Å². The zero-order valence-corrected chi connectivity index (χ0v) is 12.8. The second-order valence-electron chi connectivity index (χ2n) is 6.30. The summed E-state index contributed by atoms with van der Waals surface area (Å²) in [6.45, 7) is 17.1. The standard InChI is InChI=1S/C16H32O/c1-8-10-11-15(17-16(5,6)7)12-14(4)13(3)9-2/h9,13-15H,2,8,10-12H2,1,3-7H3/t13-,14+,15-/m0/s1. The minimum Gasteiger partial charge on any atom is -0.373 e. The van der Waals surface area contributed by atoms with E-state index >= 15 is 0 Å². The van der Waals surface area contributed by atoms with E-state index in [1.807, 2.05) is 0 Å². The van der Waals surface area contributed by atoms with E-state index in [1.165, 1.54) is 19.3 Å². The Balaban J connectivity index is 4.31. The monoisotopic (exact) mass is 240 g/mol. The molecule has 1 nitrogen and oxygen atoms in total. The number of ether oxygens (including phenoxy) is 1. The molecule has 0 bridgehead atoms. The molecule has 3 atom stereocenters. The maximum Gasteiger partial charge on any atom is 0.0602 e. The van der Waals surface area contributed by atoms with Crippen LogP contribution in [0, 0.1) is 11.8 Å². The third-order valence-electron chi connectivity index (χ3n) is 3.30. The summed E-state index contributed by atoms with van der Waals surface area (Å²) in [5.74, 6) is 1.22. The van der Waals surface area contributed by atoms with Gasteiger partial charge in [0.15, 0.2) is 0 Å². The van der Waals surface area contributed by atoms with Crippen molar-refractivity contribution < 1.29 is 4.74 Å². The fourth-order valence-electron chi connectivity index (χ4n) is 2.02. The van der Waals surface area contributed by atoms with Gasteiger partial charge in [0.2, 0.25) is 0 Å². The van der Waals surface area contributed by atoms with Crippen LogP contribution in [-0.4, -0.2) is 11.7 Å². The summed E-state index contributed by atoms with van der Waals surface area (Å²) in [6, 6.07) is 0. The van der Waals surface area contributed by atoms with Gasteiger partial charge in [0, 0.05) is 0 Å². The summed E-state index contributed by atoms with van der Waals surface area (Å²) in [5.41, 5.74) is -0.0322. The molecule has 0 unspecified atom stereocenters. The van der Waals surface area contributed by atoms with Crippen LogP contribution in [0.1, 0.15) is 67.2 Å². The van der Waals surface area contributed by atoms with Crippen LogP contribution < -0.4 is 0 Å². The Kier molecular flexibility index (Phi) is 7.78. The lowest BCUT2D eigenvalue weighted by Gasteiger charge is -2.30. The van der Waals surface area contributed by atoms with Crippen molar-refractivity contribution in [3.8, 4) is 0 Å². The molecule has 0 fully saturated rings. The largest absolute Gasteiger partial charge is 0.373 e. The van der Waals surface area contributed by atoms with E-state index in [2.05, 4.69) is 54.2 Å². The lowest BCUT2D eigenvalue weighted by Crippen LogP contribution is -2.29. The average Bonchev–Trinajstić information content (AvgIpc) is 2.22. The molecule has 0 heterocycles. The topological polar surface area (TPSA) is 9.23 Å². The molecule has 0 aromatic rings. The summed E-state index contributed by atoms with van der Waals surface area (Å²) in [6.07, 6.45) is 7.28. The van der Waals surface area contributed by atoms with E-state index in [-0.39, 0.29) is 5.60 Å². The molecule has 0 N–H and O–H groups in total. The van der Waals surface area contributed by atoms with E-state index in [1.54, 1.807) is 0 Å². The predicted molar refractivity (Wildman–Crippen MR) is 77.3 cm³/mol. The first-order valence-corrected chi connectivity index (χ1v) is 7.10. The molecule has 0 aromatic carbocycles. The van der Waals surface area contributed by atoms with Crippen LogP contribution in [0.25, 0.3) is 0 Å². The van der Waals surface area contributed by atoms with Crippen LogP contribution in [0.4, 0.5) is 0 Å². The lowest BCUT2D eigenvalue weighted by atomic mass is 9.89. The highest BCUT2D eigenvalue weighted by Gasteiger charge is 2.22. The van der Waals surface area contributed by atoms with Gasteiger partial charge in [-0.15, -0.1) is 6.58 Å². The number of allylic oxidation sites excluding steroid dienone is 1. The van der Waals surface area contributed by atoms with Crippen molar-refractivity contribution in [1.29, 1.82) is 0 Å². The minimum absolute atomic E-state index is 0.0322. The normalized spacial score (nSPS) is 17.5. The van der Waals surface area contributed by atoms with E-state index in [0.29, 0.717) is 17.9 Å². The number of rotatable bonds is 8. The Morgan fingerprint density at radius 2 is 1.82 bits per heavy atom. The summed E-state index contributed by atoms with van der Waals surface area (Å²) < 4.78 is 6.17. The maximum atomic E-state index is 6.17. The molecular weight excluding hydrogens is 208 g/mol. The number of hydrogen-bond acceptors (Lipinski definition) is 1. The highest BCUT2D eigenvalue weighted by molar-refractivity contribution is 4.81. The number of hydrogen-bond donors (Lipinski definition) is 0. The van der Waals surface area contributed by atoms with Crippen LogP contribution in [0.3, 0.4) is 0 Å². The summed E-state index contributed by atoms with van der Waals surface area (Å²) in [7, 11) is 0. The van der Waals surface area contributed by atoms with E-state index in [4.69, 9.17) is 4.74 Å². The molecule has 102 valence electrons. The van der Waals surface area contributed by atoms with Gasteiger partial charge in [-0.1, -0.05) is 39.7 Å². The molecule has 0 amide bonds. The quantitative estimate of drug-likeness (QED) is 0.529. The Labute approximate surface area is 109 Å². The van der Waals surface area contributed by atoms with Crippen LogP contribution in [0.5, 0.6) is 0 Å². The first-order chi connectivity index (χ1) is 7.80. The minimum atomic E-state index is -0.0322. The third-order valence-corrected chi connectivity index (χ3v) is 3.30. The molecule has 0 aliphatic carbocycles. The van der Waals surface area contributed by atoms with Gasteiger partial charge in [-0.25, -0.2) is 0 Å². The van der Waals surface area contributed by atoms with Gasteiger partial charge in [-0.3, -0.25) is 0 Å². The van der Waals surface area contributed by atoms with E-state index < -0.39 is 0 Å². The molecule has 0 aliphatic rings. The van der Waals surface area contributed by atoms with Crippen molar-refractivity contribution >= 4 is 0 Å². The fraction of sp³-hybridized carbons (Fsp3) is 0.875. The predicted octanol–water partition coefficient (Wildman–Crippen LogP) is 5.21. The van der Waals surface area contributed by atoms with Gasteiger partial charge in [0.25, 0.3) is 0 Å². The Bertz CT molecular complexity index is 202. The zero-order valence-electron chi connectivity index (χ0n) is 12.8. The highest BCUT2D eigenvalue weighted by Crippen LogP contribution is 2.25. The lowest BCUT2D eigenvalue weighted by molar-refractivity contribution is -0.0733. The van der Waals surface area contributed by atoms with Crippen LogP contribution in [0.15, 0.2) is 12.7 Å². The molecule has 0 rings (SSSR count). The molecule has 0 aromatic heterocycles. The van der Waals surface area contributed by atoms with Gasteiger partial charge < -0.3 is 4.74 Å². The van der Waals surface area contributed by atoms with Crippen molar-refractivity contribution in [3.63, 3.8) is 0 Å². The number of unbranched alkanes of at least 4 members (excludes halogenated alkanes) is 1. The van der Waals surface area contributed by atoms with Gasteiger partial charge in [0.05, 0.1) is 11.7 Å². The maximum absolute atomic E-state index is 6.17. The second kappa shape index (κ2) is 7.92. The molecule has 0 saturated carbocycles. The summed E-state index contributed by atoms with van der Waals surface area (Å²) in [5, 5.41) is 0. The van der Waals surface area contributed by atoms with Crippen molar-refractivity contribution in [1.82, 2.24) is 0 Å². The zero-order chi connectivity index (χ0) is 13.5. The second-order valence-corrected chi connectivity index (χ2v) is 6.30. The first-order valence-electron chi connectivity index (χ1n) is 7.10. The van der Waals surface area contributed by atoms with Crippen LogP contribution in [-0.2, 0) is 4.74 Å². The molecule has 1 heteroatoms. The van der Waals surface area contributed by atoms with E-state index in [0.717, 1.165) is 6.42 Å². The SMILES string of the molecule is C=C[C@H](C)[C@H](C)C[C@H](CCCC)OC(C)(C)C. The van der Waals surface area contributed by atoms with Crippen LogP contribution >= 0.6 is 0 Å². The van der Waals surface area contributed by atoms with Crippen molar-refractivity contribution in [2.75, 3.05) is 0 Å².